The molecule has 2 aromatic carbocycles. The summed E-state index contributed by atoms with van der Waals surface area (Å²) >= 11 is 0. The zero-order valence-electron chi connectivity index (χ0n) is 15.2. The van der Waals surface area contributed by atoms with Crippen LogP contribution in [0.3, 0.4) is 0 Å². The minimum atomic E-state index is 0.202. The first-order valence-electron chi connectivity index (χ1n) is 9.53. The molecule has 2 aliphatic heterocycles. The van der Waals surface area contributed by atoms with Gasteiger partial charge in [0, 0.05) is 31.2 Å². The van der Waals surface area contributed by atoms with Crippen LogP contribution in [0.15, 0.2) is 54.6 Å². The van der Waals surface area contributed by atoms with Crippen molar-refractivity contribution in [2.24, 2.45) is 5.92 Å². The number of carbonyl (C=O) groups excluding carboxylic acids is 1. The molecule has 26 heavy (non-hydrogen) atoms. The first kappa shape index (κ1) is 17.1. The van der Waals surface area contributed by atoms with E-state index in [1.165, 1.54) is 12.8 Å². The molecule has 2 atom stereocenters. The first-order chi connectivity index (χ1) is 12.7. The Kier molecular flexibility index (Phi) is 4.93. The number of piperidine rings is 1. The number of amides is 1. The Labute approximate surface area is 155 Å². The number of nitrogens with zero attached hydrogens (tertiary/aromatic N) is 1. The molecule has 2 unspecified atom stereocenters. The van der Waals surface area contributed by atoms with Gasteiger partial charge in [-0.05, 0) is 68.0 Å². The molecule has 1 amide bonds. The number of carbonyl (C=O) groups is 1. The van der Waals surface area contributed by atoms with Gasteiger partial charge in [0.1, 0.15) is 11.5 Å². The number of benzene rings is 2. The summed E-state index contributed by atoms with van der Waals surface area (Å²) < 4.78 is 5.82. The van der Waals surface area contributed by atoms with Crippen LogP contribution in [-0.4, -0.2) is 25.0 Å². The number of nitrogens with one attached hydrogen (secondary N) is 1. The molecule has 0 radical (unpaired) electrons. The number of para-hydroxylation sites is 1. The van der Waals surface area contributed by atoms with Crippen LogP contribution in [0.2, 0.25) is 0 Å². The van der Waals surface area contributed by atoms with Crippen molar-refractivity contribution in [3.63, 3.8) is 0 Å². The van der Waals surface area contributed by atoms with E-state index in [9.17, 15) is 4.79 Å². The van der Waals surface area contributed by atoms with Crippen LogP contribution >= 0.6 is 0 Å². The number of hydrogen-bond acceptors (Lipinski definition) is 3. The maximum Gasteiger partial charge on any atom is 0.226 e. The maximum absolute atomic E-state index is 12.7. The highest BCUT2D eigenvalue weighted by Crippen LogP contribution is 2.33. The van der Waals surface area contributed by atoms with Gasteiger partial charge in [-0.3, -0.25) is 4.79 Å². The third kappa shape index (κ3) is 3.91. The number of anilines is 1. The van der Waals surface area contributed by atoms with Crippen molar-refractivity contribution in [2.75, 3.05) is 11.9 Å². The minimum absolute atomic E-state index is 0.202. The van der Waals surface area contributed by atoms with E-state index < -0.39 is 0 Å². The van der Waals surface area contributed by atoms with Gasteiger partial charge in [-0.1, -0.05) is 18.2 Å². The van der Waals surface area contributed by atoms with E-state index in [1.54, 1.807) is 4.90 Å². The molecule has 2 bridgehead atoms. The molecule has 0 aliphatic carbocycles. The van der Waals surface area contributed by atoms with Gasteiger partial charge in [0.25, 0.3) is 0 Å². The van der Waals surface area contributed by atoms with Crippen LogP contribution in [0.25, 0.3) is 0 Å². The van der Waals surface area contributed by atoms with E-state index in [0.717, 1.165) is 30.0 Å². The third-order valence-corrected chi connectivity index (χ3v) is 5.61. The molecule has 0 aromatic heterocycles. The van der Waals surface area contributed by atoms with Gasteiger partial charge in [-0.25, -0.2) is 0 Å². The van der Waals surface area contributed by atoms with Crippen molar-refractivity contribution in [1.29, 1.82) is 0 Å². The molecule has 2 heterocycles. The molecule has 4 heteroatoms. The molecule has 136 valence electrons. The monoisotopic (exact) mass is 350 g/mol. The lowest BCUT2D eigenvalue weighted by Gasteiger charge is -2.30. The van der Waals surface area contributed by atoms with Crippen LogP contribution in [0.4, 0.5) is 5.69 Å². The van der Waals surface area contributed by atoms with E-state index in [2.05, 4.69) is 5.32 Å². The van der Waals surface area contributed by atoms with Crippen molar-refractivity contribution in [2.45, 2.75) is 44.2 Å². The fraction of sp³-hybridized carbons (Fsp3) is 0.409. The molecular weight excluding hydrogens is 324 g/mol. The summed E-state index contributed by atoms with van der Waals surface area (Å²) in [6, 6.07) is 18.7. The molecule has 2 aromatic rings. The van der Waals surface area contributed by atoms with Crippen molar-refractivity contribution in [3.05, 3.63) is 54.6 Å². The fourth-order valence-electron chi connectivity index (χ4n) is 4.23. The summed E-state index contributed by atoms with van der Waals surface area (Å²) in [5.74, 6) is 2.30. The molecule has 0 spiro atoms. The predicted octanol–water partition coefficient (Wildman–Crippen LogP) is 4.36. The SMILES string of the molecule is CN(C(=O)CC1CC2CCC(C1)N2)c1ccc(Oc2ccccc2)cc1. The largest absolute Gasteiger partial charge is 0.457 e. The van der Waals surface area contributed by atoms with Gasteiger partial charge < -0.3 is 15.0 Å². The molecule has 4 rings (SSSR count). The Hall–Kier alpha value is -2.33. The van der Waals surface area contributed by atoms with Crippen molar-refractivity contribution >= 4 is 11.6 Å². The summed E-state index contributed by atoms with van der Waals surface area (Å²) in [6.45, 7) is 0. The van der Waals surface area contributed by atoms with E-state index in [4.69, 9.17) is 4.74 Å². The van der Waals surface area contributed by atoms with E-state index >= 15 is 0 Å². The highest BCUT2D eigenvalue weighted by atomic mass is 16.5. The van der Waals surface area contributed by atoms with Gasteiger partial charge in [0.05, 0.1) is 0 Å². The van der Waals surface area contributed by atoms with Crippen molar-refractivity contribution < 1.29 is 9.53 Å². The van der Waals surface area contributed by atoms with Gasteiger partial charge in [0.15, 0.2) is 0 Å². The summed E-state index contributed by atoms with van der Waals surface area (Å²) in [4.78, 5) is 14.5. The van der Waals surface area contributed by atoms with Gasteiger partial charge in [0.2, 0.25) is 5.91 Å². The van der Waals surface area contributed by atoms with Crippen molar-refractivity contribution in [1.82, 2.24) is 5.32 Å². The Bertz CT molecular complexity index is 732. The Morgan fingerprint density at radius 3 is 2.27 bits per heavy atom. The number of hydrogen-bond donors (Lipinski definition) is 1. The van der Waals surface area contributed by atoms with E-state index in [-0.39, 0.29) is 5.91 Å². The summed E-state index contributed by atoms with van der Waals surface area (Å²) in [7, 11) is 1.87. The number of ether oxygens (including phenoxy) is 1. The van der Waals surface area contributed by atoms with Crippen LogP contribution in [0.1, 0.15) is 32.1 Å². The number of fused-ring (bicyclic) bond motifs is 2. The molecule has 1 N–H and O–H groups in total. The molecule has 4 nitrogen and oxygen atoms in total. The zero-order valence-corrected chi connectivity index (χ0v) is 15.2. The lowest BCUT2D eigenvalue weighted by Crippen LogP contribution is -2.40. The minimum Gasteiger partial charge on any atom is -0.457 e. The molecule has 2 aliphatic rings. The lowest BCUT2D eigenvalue weighted by molar-refractivity contribution is -0.119. The van der Waals surface area contributed by atoms with E-state index in [1.807, 2.05) is 61.6 Å². The normalized spacial score (nSPS) is 24.3. The highest BCUT2D eigenvalue weighted by molar-refractivity contribution is 5.93. The van der Waals surface area contributed by atoms with Gasteiger partial charge in [-0.2, -0.15) is 0 Å². The molecular formula is C22H26N2O2. The average Bonchev–Trinajstić information content (AvgIpc) is 3.01. The van der Waals surface area contributed by atoms with Gasteiger partial charge >= 0.3 is 0 Å². The van der Waals surface area contributed by atoms with Crippen LogP contribution < -0.4 is 15.0 Å². The Balaban J connectivity index is 1.35. The summed E-state index contributed by atoms with van der Waals surface area (Å²) in [6.07, 6.45) is 5.47. The third-order valence-electron chi connectivity index (χ3n) is 5.61. The second-order valence-corrected chi connectivity index (χ2v) is 7.54. The molecule has 2 fully saturated rings. The zero-order chi connectivity index (χ0) is 17.9. The Morgan fingerprint density at radius 2 is 1.62 bits per heavy atom. The molecule has 2 saturated heterocycles. The standard InChI is InChI=1S/C22H26N2O2/c1-24(22(25)15-16-13-17-7-8-18(14-16)23-17)19-9-11-21(12-10-19)26-20-5-3-2-4-6-20/h2-6,9-12,16-18,23H,7-8,13-15H2,1H3. The number of rotatable bonds is 5. The molecule has 0 saturated carbocycles. The maximum atomic E-state index is 12.7. The predicted molar refractivity (Wildman–Crippen MR) is 104 cm³/mol. The fourth-order valence-corrected chi connectivity index (χ4v) is 4.23. The summed E-state index contributed by atoms with van der Waals surface area (Å²) in [5, 5.41) is 3.64. The Morgan fingerprint density at radius 1 is 1.00 bits per heavy atom. The smallest absolute Gasteiger partial charge is 0.226 e. The van der Waals surface area contributed by atoms with Crippen molar-refractivity contribution in [3.8, 4) is 11.5 Å². The highest BCUT2D eigenvalue weighted by Gasteiger charge is 2.34. The average molecular weight is 350 g/mol. The second-order valence-electron chi connectivity index (χ2n) is 7.54. The van der Waals surface area contributed by atoms with Crippen LogP contribution in [0.5, 0.6) is 11.5 Å². The van der Waals surface area contributed by atoms with Crippen LogP contribution in [-0.2, 0) is 4.79 Å². The second kappa shape index (κ2) is 7.50. The lowest BCUT2D eigenvalue weighted by atomic mass is 9.89. The van der Waals surface area contributed by atoms with Crippen LogP contribution in [0, 0.1) is 5.92 Å². The van der Waals surface area contributed by atoms with E-state index in [0.29, 0.717) is 24.4 Å². The van der Waals surface area contributed by atoms with Gasteiger partial charge in [-0.15, -0.1) is 0 Å². The quantitative estimate of drug-likeness (QED) is 0.871. The first-order valence-corrected chi connectivity index (χ1v) is 9.53. The summed E-state index contributed by atoms with van der Waals surface area (Å²) in [5.41, 5.74) is 0.910. The topological polar surface area (TPSA) is 41.6 Å².